The van der Waals surface area contributed by atoms with Crippen LogP contribution in [0.15, 0.2) is 40.0 Å². The first-order chi connectivity index (χ1) is 11.9. The molecule has 0 saturated carbocycles. The maximum absolute atomic E-state index is 12.2. The summed E-state index contributed by atoms with van der Waals surface area (Å²) >= 11 is 1.16. The van der Waals surface area contributed by atoms with Crippen LogP contribution >= 0.6 is 11.8 Å². The van der Waals surface area contributed by atoms with Crippen molar-refractivity contribution in [1.29, 1.82) is 0 Å². The Kier molecular flexibility index (Phi) is 5.43. The third-order valence-electron chi connectivity index (χ3n) is 3.87. The van der Waals surface area contributed by atoms with Gasteiger partial charge in [-0.1, -0.05) is 42.1 Å². The molecule has 1 aromatic heterocycles. The number of hydrogen-bond acceptors (Lipinski definition) is 7. The number of benzene rings is 1. The topological polar surface area (TPSA) is 102 Å². The third kappa shape index (κ3) is 5.05. The average molecular weight is 381 g/mol. The van der Waals surface area contributed by atoms with Crippen molar-refractivity contribution in [2.45, 2.75) is 36.3 Å². The lowest BCUT2D eigenvalue weighted by Gasteiger charge is -2.14. The van der Waals surface area contributed by atoms with Crippen molar-refractivity contribution in [3.63, 3.8) is 0 Å². The molecular formula is C16H19N3O4S2. The Hall–Kier alpha value is -1.87. The summed E-state index contributed by atoms with van der Waals surface area (Å²) in [7, 11) is -3.01. The molecule has 7 nitrogen and oxygen atoms in total. The van der Waals surface area contributed by atoms with E-state index in [9.17, 15) is 13.2 Å². The Labute approximate surface area is 150 Å². The van der Waals surface area contributed by atoms with Gasteiger partial charge in [-0.2, -0.15) is 0 Å². The molecule has 1 saturated heterocycles. The molecule has 2 heterocycles. The first kappa shape index (κ1) is 17.9. The normalized spacial score (nSPS) is 20.3. The Bertz CT molecular complexity index is 836. The number of rotatable bonds is 6. The van der Waals surface area contributed by atoms with Crippen molar-refractivity contribution >= 4 is 27.5 Å². The fourth-order valence-corrected chi connectivity index (χ4v) is 4.94. The zero-order chi connectivity index (χ0) is 17.9. The fourth-order valence-electron chi connectivity index (χ4n) is 2.56. The maximum Gasteiger partial charge on any atom is 0.277 e. The summed E-state index contributed by atoms with van der Waals surface area (Å²) in [5.41, 5.74) is 1.07. The van der Waals surface area contributed by atoms with Crippen LogP contribution in [0.5, 0.6) is 0 Å². The number of carbonyl (C=O) groups excluding carboxylic acids is 1. The molecule has 1 fully saturated rings. The molecule has 1 N–H and O–H groups in total. The smallest absolute Gasteiger partial charge is 0.277 e. The molecule has 2 atom stereocenters. The molecule has 9 heteroatoms. The highest BCUT2D eigenvalue weighted by Crippen LogP contribution is 2.23. The molecule has 1 aromatic carbocycles. The molecule has 25 heavy (non-hydrogen) atoms. The van der Waals surface area contributed by atoms with Crippen LogP contribution in [0.3, 0.4) is 0 Å². The van der Waals surface area contributed by atoms with E-state index in [1.165, 1.54) is 0 Å². The molecule has 0 spiro atoms. The molecule has 1 amide bonds. The largest absolute Gasteiger partial charge is 0.416 e. The van der Waals surface area contributed by atoms with Gasteiger partial charge in [-0.3, -0.25) is 4.79 Å². The van der Waals surface area contributed by atoms with Crippen molar-refractivity contribution in [2.24, 2.45) is 0 Å². The van der Waals surface area contributed by atoms with Crippen molar-refractivity contribution in [3.05, 3.63) is 41.8 Å². The highest BCUT2D eigenvalue weighted by molar-refractivity contribution is 8.00. The lowest BCUT2D eigenvalue weighted by atomic mass is 10.2. The molecule has 1 aliphatic rings. The molecule has 134 valence electrons. The minimum atomic E-state index is -3.01. The molecular weight excluding hydrogens is 362 g/mol. The number of nitrogens with zero attached hydrogens (tertiary/aromatic N) is 2. The number of sulfone groups is 1. The summed E-state index contributed by atoms with van der Waals surface area (Å²) in [6, 6.07) is 9.46. The molecule has 0 aliphatic carbocycles. The van der Waals surface area contributed by atoms with E-state index in [4.69, 9.17) is 4.42 Å². The van der Waals surface area contributed by atoms with Crippen molar-refractivity contribution in [1.82, 2.24) is 15.5 Å². The SMILES string of the molecule is C[C@@H](Sc1nnc(Cc2ccccc2)o1)C(=O)N[C@H]1CCS(=O)(=O)C1. The van der Waals surface area contributed by atoms with Crippen LogP contribution in [0.25, 0.3) is 0 Å². The quantitative estimate of drug-likeness (QED) is 0.756. The summed E-state index contributed by atoms with van der Waals surface area (Å²) in [5.74, 6) is 0.405. The minimum absolute atomic E-state index is 0.0118. The third-order valence-corrected chi connectivity index (χ3v) is 6.57. The van der Waals surface area contributed by atoms with Gasteiger partial charge in [-0.25, -0.2) is 8.42 Å². The van der Waals surface area contributed by atoms with E-state index in [0.29, 0.717) is 24.0 Å². The summed E-state index contributed by atoms with van der Waals surface area (Å²) < 4.78 is 28.5. The van der Waals surface area contributed by atoms with Crippen LogP contribution in [0.2, 0.25) is 0 Å². The van der Waals surface area contributed by atoms with Crippen LogP contribution in [-0.4, -0.2) is 47.3 Å². The number of nitrogens with one attached hydrogen (secondary N) is 1. The van der Waals surface area contributed by atoms with Gasteiger partial charge in [0, 0.05) is 6.04 Å². The maximum atomic E-state index is 12.2. The zero-order valence-corrected chi connectivity index (χ0v) is 15.3. The van der Waals surface area contributed by atoms with Crippen LogP contribution in [0, 0.1) is 0 Å². The molecule has 0 radical (unpaired) electrons. The highest BCUT2D eigenvalue weighted by atomic mass is 32.2. The minimum Gasteiger partial charge on any atom is -0.416 e. The zero-order valence-electron chi connectivity index (χ0n) is 13.7. The van der Waals surface area contributed by atoms with E-state index >= 15 is 0 Å². The second-order valence-corrected chi connectivity index (χ2v) is 9.51. The van der Waals surface area contributed by atoms with E-state index in [1.807, 2.05) is 30.3 Å². The van der Waals surface area contributed by atoms with Gasteiger partial charge in [-0.15, -0.1) is 10.2 Å². The highest BCUT2D eigenvalue weighted by Gasteiger charge is 2.30. The Morgan fingerprint density at radius 1 is 1.36 bits per heavy atom. The Morgan fingerprint density at radius 2 is 2.12 bits per heavy atom. The van der Waals surface area contributed by atoms with Crippen molar-refractivity contribution in [3.8, 4) is 0 Å². The number of thioether (sulfide) groups is 1. The Balaban J connectivity index is 1.52. The number of hydrogen-bond donors (Lipinski definition) is 1. The summed E-state index contributed by atoms with van der Waals surface area (Å²) in [6.45, 7) is 1.73. The lowest BCUT2D eigenvalue weighted by Crippen LogP contribution is -2.39. The number of carbonyl (C=O) groups is 1. The van der Waals surface area contributed by atoms with Gasteiger partial charge in [-0.05, 0) is 18.9 Å². The Morgan fingerprint density at radius 3 is 2.80 bits per heavy atom. The first-order valence-electron chi connectivity index (χ1n) is 7.95. The lowest BCUT2D eigenvalue weighted by molar-refractivity contribution is -0.120. The van der Waals surface area contributed by atoms with Gasteiger partial charge >= 0.3 is 0 Å². The average Bonchev–Trinajstić information content (AvgIpc) is 3.14. The van der Waals surface area contributed by atoms with Crippen LogP contribution in [0.4, 0.5) is 0 Å². The van der Waals surface area contributed by atoms with E-state index in [0.717, 1.165) is 17.3 Å². The second-order valence-electron chi connectivity index (χ2n) is 5.99. The van der Waals surface area contributed by atoms with Crippen LogP contribution < -0.4 is 5.32 Å². The molecule has 3 rings (SSSR count). The van der Waals surface area contributed by atoms with E-state index in [1.54, 1.807) is 6.92 Å². The first-order valence-corrected chi connectivity index (χ1v) is 10.7. The molecule has 2 aromatic rings. The summed E-state index contributed by atoms with van der Waals surface area (Å²) in [5, 5.41) is 10.6. The number of aromatic nitrogens is 2. The molecule has 0 unspecified atom stereocenters. The summed E-state index contributed by atoms with van der Waals surface area (Å²) in [6.07, 6.45) is 1.00. The van der Waals surface area contributed by atoms with Gasteiger partial charge in [0.2, 0.25) is 11.8 Å². The van der Waals surface area contributed by atoms with E-state index in [2.05, 4.69) is 15.5 Å². The van der Waals surface area contributed by atoms with Crippen LogP contribution in [0.1, 0.15) is 24.8 Å². The monoisotopic (exact) mass is 381 g/mol. The van der Waals surface area contributed by atoms with Crippen molar-refractivity contribution < 1.29 is 17.6 Å². The second kappa shape index (κ2) is 7.57. The van der Waals surface area contributed by atoms with Gasteiger partial charge in [0.05, 0.1) is 23.2 Å². The predicted octanol–water partition coefficient (Wildman–Crippen LogP) is 1.44. The molecule has 0 bridgehead atoms. The van der Waals surface area contributed by atoms with Gasteiger partial charge in [0.25, 0.3) is 5.22 Å². The van der Waals surface area contributed by atoms with E-state index in [-0.39, 0.29) is 23.5 Å². The van der Waals surface area contributed by atoms with Crippen molar-refractivity contribution in [2.75, 3.05) is 11.5 Å². The van der Waals surface area contributed by atoms with Gasteiger partial charge < -0.3 is 9.73 Å². The predicted molar refractivity (Wildman–Crippen MR) is 94.1 cm³/mol. The standard InChI is InChI=1S/C16H19N3O4S2/c1-11(15(20)17-13-7-8-25(21,22)10-13)24-16-19-18-14(23-16)9-12-5-3-2-4-6-12/h2-6,11,13H,7-10H2,1H3,(H,17,20)/t11-,13+/m1/s1. The van der Waals surface area contributed by atoms with Gasteiger partial charge in [0.1, 0.15) is 0 Å². The van der Waals surface area contributed by atoms with E-state index < -0.39 is 15.1 Å². The van der Waals surface area contributed by atoms with Crippen LogP contribution in [-0.2, 0) is 21.1 Å². The summed E-state index contributed by atoms with van der Waals surface area (Å²) in [4.78, 5) is 12.2. The fraction of sp³-hybridized carbons (Fsp3) is 0.438. The molecule has 1 aliphatic heterocycles. The van der Waals surface area contributed by atoms with Gasteiger partial charge in [0.15, 0.2) is 9.84 Å². The number of amides is 1.